The third-order valence-electron chi connectivity index (χ3n) is 3.58. The van der Waals surface area contributed by atoms with Crippen LogP contribution in [0.1, 0.15) is 46.5 Å². The zero-order valence-electron chi connectivity index (χ0n) is 14.4. The molecule has 0 unspecified atom stereocenters. The second kappa shape index (κ2) is 8.09. The highest BCUT2D eigenvalue weighted by atomic mass is 16.6. The summed E-state index contributed by atoms with van der Waals surface area (Å²) in [6.45, 7) is 6.69. The molecular weight excluding hydrogens is 292 g/mol. The number of ether oxygens (including phenoxy) is 2. The Morgan fingerprint density at radius 1 is 1.13 bits per heavy atom. The Bertz CT molecular complexity index is 488. The van der Waals surface area contributed by atoms with Crippen LogP contribution in [0.15, 0.2) is 24.3 Å². The topological polar surface area (TPSA) is 59.6 Å². The minimum absolute atomic E-state index is 0.381. The van der Waals surface area contributed by atoms with Crippen molar-refractivity contribution in [2.75, 3.05) is 18.4 Å². The first kappa shape index (κ1) is 17.4. The maximum absolute atomic E-state index is 11.5. The van der Waals surface area contributed by atoms with Gasteiger partial charge in [-0.15, -0.1) is 0 Å². The van der Waals surface area contributed by atoms with Gasteiger partial charge in [-0.25, -0.2) is 4.79 Å². The molecule has 0 aliphatic heterocycles. The van der Waals surface area contributed by atoms with E-state index in [2.05, 4.69) is 10.6 Å². The van der Waals surface area contributed by atoms with Crippen molar-refractivity contribution in [1.29, 1.82) is 0 Å². The van der Waals surface area contributed by atoms with Crippen LogP contribution in [0, 0.1) is 0 Å². The van der Waals surface area contributed by atoms with Gasteiger partial charge in [0.25, 0.3) is 0 Å². The van der Waals surface area contributed by atoms with E-state index in [4.69, 9.17) is 9.47 Å². The fourth-order valence-electron chi connectivity index (χ4n) is 2.54. The summed E-state index contributed by atoms with van der Waals surface area (Å²) in [4.78, 5) is 11.5. The lowest BCUT2D eigenvalue weighted by molar-refractivity contribution is 0.0530. The van der Waals surface area contributed by atoms with E-state index in [0.717, 1.165) is 24.3 Å². The number of nitrogens with one attached hydrogen (secondary N) is 2. The van der Waals surface area contributed by atoms with Gasteiger partial charge >= 0.3 is 6.09 Å². The molecule has 2 rings (SSSR count). The van der Waals surface area contributed by atoms with Crippen molar-refractivity contribution in [1.82, 2.24) is 5.32 Å². The van der Waals surface area contributed by atoms with Crippen molar-refractivity contribution in [2.24, 2.45) is 0 Å². The summed E-state index contributed by atoms with van der Waals surface area (Å²) < 4.78 is 11.1. The molecule has 0 atom stereocenters. The Kier molecular flexibility index (Phi) is 6.13. The van der Waals surface area contributed by atoms with E-state index < -0.39 is 5.60 Å². The summed E-state index contributed by atoms with van der Waals surface area (Å²) in [5.74, 6) is 0.925. The maximum Gasteiger partial charge on any atom is 0.407 e. The monoisotopic (exact) mass is 320 g/mol. The second-order valence-corrected chi connectivity index (χ2v) is 6.90. The number of amides is 1. The Balaban J connectivity index is 1.65. The van der Waals surface area contributed by atoms with Crippen molar-refractivity contribution in [2.45, 2.75) is 58.2 Å². The van der Waals surface area contributed by atoms with Crippen molar-refractivity contribution >= 4 is 11.8 Å². The van der Waals surface area contributed by atoms with Gasteiger partial charge in [-0.05, 0) is 70.7 Å². The van der Waals surface area contributed by atoms with E-state index >= 15 is 0 Å². The summed E-state index contributed by atoms with van der Waals surface area (Å²) in [5, 5.41) is 5.98. The van der Waals surface area contributed by atoms with Crippen LogP contribution in [0.5, 0.6) is 5.75 Å². The predicted octanol–water partition coefficient (Wildman–Crippen LogP) is 3.94. The van der Waals surface area contributed by atoms with E-state index in [1.807, 2.05) is 45.0 Å². The standard InChI is InChI=1S/C18H28N2O3/c1-18(2,3)23-17(21)20-13-12-19-14-8-10-16(11-9-14)22-15-6-4-5-7-15/h8-11,15,19H,4-7,12-13H2,1-3H3,(H,20,21). The zero-order valence-corrected chi connectivity index (χ0v) is 14.4. The largest absolute Gasteiger partial charge is 0.490 e. The predicted molar refractivity (Wildman–Crippen MR) is 92.1 cm³/mol. The fraction of sp³-hybridized carbons (Fsp3) is 0.611. The average molecular weight is 320 g/mol. The quantitative estimate of drug-likeness (QED) is 0.779. The summed E-state index contributed by atoms with van der Waals surface area (Å²) >= 11 is 0. The van der Waals surface area contributed by atoms with Crippen LogP contribution in [0.25, 0.3) is 0 Å². The highest BCUT2D eigenvalue weighted by molar-refractivity contribution is 5.67. The van der Waals surface area contributed by atoms with Gasteiger partial charge in [0.1, 0.15) is 11.4 Å². The first-order valence-electron chi connectivity index (χ1n) is 8.40. The van der Waals surface area contributed by atoms with Gasteiger partial charge in [0, 0.05) is 18.8 Å². The lowest BCUT2D eigenvalue weighted by Crippen LogP contribution is -2.34. The molecule has 0 aromatic heterocycles. The number of carbonyl (C=O) groups excluding carboxylic acids is 1. The molecule has 1 aromatic rings. The van der Waals surface area contributed by atoms with Crippen molar-refractivity contribution in [3.63, 3.8) is 0 Å². The molecule has 1 amide bonds. The Morgan fingerprint density at radius 3 is 2.39 bits per heavy atom. The van der Waals surface area contributed by atoms with Crippen LogP contribution in [0.2, 0.25) is 0 Å². The van der Waals surface area contributed by atoms with E-state index in [-0.39, 0.29) is 6.09 Å². The molecule has 128 valence electrons. The van der Waals surface area contributed by atoms with E-state index in [0.29, 0.717) is 19.2 Å². The summed E-state index contributed by atoms with van der Waals surface area (Å²) in [7, 11) is 0. The molecule has 1 aliphatic carbocycles. The average Bonchev–Trinajstić information content (AvgIpc) is 2.96. The Morgan fingerprint density at radius 2 is 1.78 bits per heavy atom. The SMILES string of the molecule is CC(C)(C)OC(=O)NCCNc1ccc(OC2CCCC2)cc1. The normalized spacial score (nSPS) is 15.3. The lowest BCUT2D eigenvalue weighted by Gasteiger charge is -2.19. The van der Waals surface area contributed by atoms with Crippen LogP contribution in [-0.2, 0) is 4.74 Å². The van der Waals surface area contributed by atoms with Gasteiger partial charge in [0.2, 0.25) is 0 Å². The minimum atomic E-state index is -0.466. The highest BCUT2D eigenvalue weighted by Crippen LogP contribution is 2.24. The Labute approximate surface area is 138 Å². The van der Waals surface area contributed by atoms with Gasteiger partial charge in [0.05, 0.1) is 6.10 Å². The maximum atomic E-state index is 11.5. The van der Waals surface area contributed by atoms with E-state index in [1.54, 1.807) is 0 Å². The number of alkyl carbamates (subject to hydrolysis) is 1. The number of carbonyl (C=O) groups is 1. The smallest absolute Gasteiger partial charge is 0.407 e. The molecule has 0 spiro atoms. The van der Waals surface area contributed by atoms with Crippen LogP contribution < -0.4 is 15.4 Å². The molecule has 0 heterocycles. The van der Waals surface area contributed by atoms with E-state index in [1.165, 1.54) is 12.8 Å². The van der Waals surface area contributed by atoms with Crippen molar-refractivity contribution in [3.05, 3.63) is 24.3 Å². The van der Waals surface area contributed by atoms with Gasteiger partial charge in [-0.3, -0.25) is 0 Å². The summed E-state index contributed by atoms with van der Waals surface area (Å²) in [6.07, 6.45) is 4.86. The van der Waals surface area contributed by atoms with Crippen LogP contribution in [0.4, 0.5) is 10.5 Å². The van der Waals surface area contributed by atoms with Crippen LogP contribution >= 0.6 is 0 Å². The molecule has 5 nitrogen and oxygen atoms in total. The number of benzene rings is 1. The fourth-order valence-corrected chi connectivity index (χ4v) is 2.54. The van der Waals surface area contributed by atoms with E-state index in [9.17, 15) is 4.79 Å². The first-order valence-corrected chi connectivity index (χ1v) is 8.40. The molecule has 1 fully saturated rings. The molecular formula is C18H28N2O3. The zero-order chi connectivity index (χ0) is 16.7. The van der Waals surface area contributed by atoms with Gasteiger partial charge < -0.3 is 20.1 Å². The molecule has 1 aromatic carbocycles. The third kappa shape index (κ3) is 6.80. The molecule has 1 saturated carbocycles. The second-order valence-electron chi connectivity index (χ2n) is 6.90. The number of hydrogen-bond acceptors (Lipinski definition) is 4. The summed E-state index contributed by atoms with van der Waals surface area (Å²) in [5.41, 5.74) is 0.543. The number of hydrogen-bond donors (Lipinski definition) is 2. The molecule has 23 heavy (non-hydrogen) atoms. The molecule has 2 N–H and O–H groups in total. The molecule has 5 heteroatoms. The Hall–Kier alpha value is -1.91. The summed E-state index contributed by atoms with van der Waals surface area (Å²) in [6, 6.07) is 7.97. The van der Waals surface area contributed by atoms with Crippen molar-refractivity contribution < 1.29 is 14.3 Å². The van der Waals surface area contributed by atoms with Crippen LogP contribution in [-0.4, -0.2) is 30.9 Å². The number of rotatable bonds is 6. The van der Waals surface area contributed by atoms with Gasteiger partial charge in [0.15, 0.2) is 0 Å². The third-order valence-corrected chi connectivity index (χ3v) is 3.58. The minimum Gasteiger partial charge on any atom is -0.490 e. The lowest BCUT2D eigenvalue weighted by atomic mass is 10.2. The molecule has 0 bridgehead atoms. The molecule has 0 radical (unpaired) electrons. The first-order chi connectivity index (χ1) is 10.9. The van der Waals surface area contributed by atoms with Crippen molar-refractivity contribution in [3.8, 4) is 5.75 Å². The molecule has 1 aliphatic rings. The number of anilines is 1. The highest BCUT2D eigenvalue weighted by Gasteiger charge is 2.16. The molecule has 0 saturated heterocycles. The van der Waals surface area contributed by atoms with Gasteiger partial charge in [-0.2, -0.15) is 0 Å². The van der Waals surface area contributed by atoms with Crippen LogP contribution in [0.3, 0.4) is 0 Å². The van der Waals surface area contributed by atoms with Gasteiger partial charge in [-0.1, -0.05) is 0 Å².